The number of rotatable bonds is 8. The molecule has 0 aliphatic heterocycles. The van der Waals surface area contributed by atoms with Gasteiger partial charge >= 0.3 is 0 Å². The Hall–Kier alpha value is -1.07. The number of nitrogens with one attached hydrogen (secondary N) is 1. The summed E-state index contributed by atoms with van der Waals surface area (Å²) in [5.74, 6) is 0.866. The van der Waals surface area contributed by atoms with E-state index in [1.54, 1.807) is 0 Å². The van der Waals surface area contributed by atoms with E-state index in [-0.39, 0.29) is 11.9 Å². The van der Waals surface area contributed by atoms with Gasteiger partial charge in [0.1, 0.15) is 5.75 Å². The molecule has 1 amide bonds. The van der Waals surface area contributed by atoms with Crippen LogP contribution in [0.3, 0.4) is 0 Å². The SMILES string of the molecule is CC(N)CCNC(=O)CCCOc1cccc(Br)c1. The smallest absolute Gasteiger partial charge is 0.220 e. The third kappa shape index (κ3) is 7.85. The molecule has 0 radical (unpaired) electrons. The number of hydrogen-bond donors (Lipinski definition) is 2. The fourth-order valence-electron chi connectivity index (χ4n) is 1.51. The second kappa shape index (κ2) is 8.93. The van der Waals surface area contributed by atoms with E-state index >= 15 is 0 Å². The van der Waals surface area contributed by atoms with E-state index in [1.165, 1.54) is 0 Å². The molecule has 0 saturated carbocycles. The normalized spacial score (nSPS) is 11.9. The summed E-state index contributed by atoms with van der Waals surface area (Å²) >= 11 is 3.38. The minimum atomic E-state index is 0.0542. The number of amides is 1. The molecule has 0 bridgehead atoms. The van der Waals surface area contributed by atoms with Crippen molar-refractivity contribution < 1.29 is 9.53 Å². The highest BCUT2D eigenvalue weighted by molar-refractivity contribution is 9.10. The first-order chi connectivity index (χ1) is 9.08. The van der Waals surface area contributed by atoms with Crippen molar-refractivity contribution in [1.82, 2.24) is 5.32 Å². The number of halogens is 1. The lowest BCUT2D eigenvalue weighted by molar-refractivity contribution is -0.121. The Morgan fingerprint density at radius 2 is 2.32 bits per heavy atom. The first kappa shape index (κ1) is 16.0. The highest BCUT2D eigenvalue weighted by atomic mass is 79.9. The zero-order valence-electron chi connectivity index (χ0n) is 11.2. The molecule has 1 unspecified atom stereocenters. The highest BCUT2D eigenvalue weighted by Crippen LogP contribution is 2.17. The molecular formula is C14H21BrN2O2. The summed E-state index contributed by atoms with van der Waals surface area (Å²) in [6, 6.07) is 7.79. The number of carbonyl (C=O) groups is 1. The topological polar surface area (TPSA) is 64.3 Å². The number of carbonyl (C=O) groups excluding carboxylic acids is 1. The van der Waals surface area contributed by atoms with Gasteiger partial charge in [-0.2, -0.15) is 0 Å². The van der Waals surface area contributed by atoms with Crippen molar-refractivity contribution in [3.8, 4) is 5.75 Å². The van der Waals surface area contributed by atoms with Gasteiger partial charge in [0.15, 0.2) is 0 Å². The van der Waals surface area contributed by atoms with E-state index < -0.39 is 0 Å². The molecular weight excluding hydrogens is 308 g/mol. The maximum Gasteiger partial charge on any atom is 0.220 e. The number of hydrogen-bond acceptors (Lipinski definition) is 3. The third-order valence-corrected chi connectivity index (χ3v) is 3.03. The van der Waals surface area contributed by atoms with Crippen molar-refractivity contribution in [2.24, 2.45) is 5.73 Å². The summed E-state index contributed by atoms with van der Waals surface area (Å²) in [7, 11) is 0. The Kier molecular flexibility index (Phi) is 7.52. The fourth-order valence-corrected chi connectivity index (χ4v) is 1.89. The van der Waals surface area contributed by atoms with Crippen LogP contribution in [-0.2, 0) is 4.79 Å². The summed E-state index contributed by atoms with van der Waals surface area (Å²) in [4.78, 5) is 11.5. The molecule has 0 aliphatic rings. The average Bonchev–Trinajstić information content (AvgIpc) is 2.34. The standard InChI is InChI=1S/C14H21BrN2O2/c1-11(16)7-8-17-14(18)6-3-9-19-13-5-2-4-12(15)10-13/h2,4-5,10-11H,3,6-9,16H2,1H3,(H,17,18). The molecule has 3 N–H and O–H groups in total. The highest BCUT2D eigenvalue weighted by Gasteiger charge is 2.02. The molecule has 0 saturated heterocycles. The molecule has 19 heavy (non-hydrogen) atoms. The molecule has 0 heterocycles. The molecule has 0 aliphatic carbocycles. The van der Waals surface area contributed by atoms with Crippen LogP contribution in [0.5, 0.6) is 5.75 Å². The Balaban J connectivity index is 2.08. The van der Waals surface area contributed by atoms with Crippen LogP contribution in [0.25, 0.3) is 0 Å². The summed E-state index contributed by atoms with van der Waals surface area (Å²) in [5, 5.41) is 2.84. The fraction of sp³-hybridized carbons (Fsp3) is 0.500. The summed E-state index contributed by atoms with van der Waals surface area (Å²) in [6.45, 7) is 3.11. The van der Waals surface area contributed by atoms with Gasteiger partial charge in [-0.05, 0) is 38.0 Å². The van der Waals surface area contributed by atoms with Gasteiger partial charge in [-0.3, -0.25) is 4.79 Å². The second-order valence-electron chi connectivity index (χ2n) is 4.53. The van der Waals surface area contributed by atoms with Gasteiger partial charge in [-0.15, -0.1) is 0 Å². The van der Waals surface area contributed by atoms with Gasteiger partial charge in [0, 0.05) is 23.5 Å². The Morgan fingerprint density at radius 3 is 3.00 bits per heavy atom. The molecule has 106 valence electrons. The Labute approximate surface area is 122 Å². The van der Waals surface area contributed by atoms with Crippen LogP contribution in [0.4, 0.5) is 0 Å². The lowest BCUT2D eigenvalue weighted by atomic mass is 10.2. The van der Waals surface area contributed by atoms with Crippen LogP contribution in [-0.4, -0.2) is 25.1 Å². The second-order valence-corrected chi connectivity index (χ2v) is 5.44. The van der Waals surface area contributed by atoms with Crippen molar-refractivity contribution in [2.45, 2.75) is 32.2 Å². The van der Waals surface area contributed by atoms with Crippen molar-refractivity contribution in [3.63, 3.8) is 0 Å². The predicted octanol–water partition coefficient (Wildman–Crippen LogP) is 2.46. The van der Waals surface area contributed by atoms with E-state index in [4.69, 9.17) is 10.5 Å². The molecule has 5 heteroatoms. The van der Waals surface area contributed by atoms with Crippen molar-refractivity contribution in [3.05, 3.63) is 28.7 Å². The minimum absolute atomic E-state index is 0.0542. The molecule has 1 atom stereocenters. The van der Waals surface area contributed by atoms with Gasteiger partial charge in [-0.25, -0.2) is 0 Å². The van der Waals surface area contributed by atoms with Crippen LogP contribution < -0.4 is 15.8 Å². The van der Waals surface area contributed by atoms with Gasteiger partial charge in [0.2, 0.25) is 5.91 Å². The minimum Gasteiger partial charge on any atom is -0.494 e. The maximum atomic E-state index is 11.5. The molecule has 4 nitrogen and oxygen atoms in total. The maximum absolute atomic E-state index is 11.5. The largest absolute Gasteiger partial charge is 0.494 e. The number of nitrogens with two attached hydrogens (primary N) is 1. The van der Waals surface area contributed by atoms with Crippen LogP contribution in [0.2, 0.25) is 0 Å². The monoisotopic (exact) mass is 328 g/mol. The van der Waals surface area contributed by atoms with Crippen LogP contribution in [0, 0.1) is 0 Å². The predicted molar refractivity (Wildman–Crippen MR) is 80.1 cm³/mol. The lowest BCUT2D eigenvalue weighted by Crippen LogP contribution is -2.28. The molecule has 0 fully saturated rings. The number of ether oxygens (including phenoxy) is 1. The molecule has 1 rings (SSSR count). The third-order valence-electron chi connectivity index (χ3n) is 2.53. The van der Waals surface area contributed by atoms with Crippen molar-refractivity contribution in [2.75, 3.05) is 13.2 Å². The van der Waals surface area contributed by atoms with E-state index in [0.29, 0.717) is 26.0 Å². The molecule has 1 aromatic carbocycles. The van der Waals surface area contributed by atoms with Gasteiger partial charge in [0.25, 0.3) is 0 Å². The van der Waals surface area contributed by atoms with Crippen LogP contribution in [0.15, 0.2) is 28.7 Å². The summed E-state index contributed by atoms with van der Waals surface area (Å²) in [5.41, 5.74) is 5.60. The first-order valence-electron chi connectivity index (χ1n) is 6.48. The zero-order valence-corrected chi connectivity index (χ0v) is 12.8. The van der Waals surface area contributed by atoms with Gasteiger partial charge in [-0.1, -0.05) is 22.0 Å². The van der Waals surface area contributed by atoms with E-state index in [9.17, 15) is 4.79 Å². The summed E-state index contributed by atoms with van der Waals surface area (Å²) < 4.78 is 6.53. The van der Waals surface area contributed by atoms with Gasteiger partial charge < -0.3 is 15.8 Å². The van der Waals surface area contributed by atoms with E-state index in [1.807, 2.05) is 31.2 Å². The molecule has 1 aromatic rings. The van der Waals surface area contributed by atoms with E-state index in [0.717, 1.165) is 16.6 Å². The Morgan fingerprint density at radius 1 is 1.53 bits per heavy atom. The molecule has 0 spiro atoms. The zero-order chi connectivity index (χ0) is 14.1. The lowest BCUT2D eigenvalue weighted by Gasteiger charge is -2.08. The average molecular weight is 329 g/mol. The molecule has 0 aromatic heterocycles. The van der Waals surface area contributed by atoms with Crippen LogP contribution in [0.1, 0.15) is 26.2 Å². The van der Waals surface area contributed by atoms with Crippen LogP contribution >= 0.6 is 15.9 Å². The Bertz CT molecular complexity index is 397. The quantitative estimate of drug-likeness (QED) is 0.720. The van der Waals surface area contributed by atoms with E-state index in [2.05, 4.69) is 21.2 Å². The first-order valence-corrected chi connectivity index (χ1v) is 7.28. The van der Waals surface area contributed by atoms with Gasteiger partial charge in [0.05, 0.1) is 6.61 Å². The number of benzene rings is 1. The van der Waals surface area contributed by atoms with Crippen molar-refractivity contribution >= 4 is 21.8 Å². The summed E-state index contributed by atoms with van der Waals surface area (Å²) in [6.07, 6.45) is 1.99. The van der Waals surface area contributed by atoms with Crippen molar-refractivity contribution in [1.29, 1.82) is 0 Å².